The maximum absolute atomic E-state index is 12.9. The number of carbonyl (C=O) groups excluding carboxylic acids is 1. The molecular weight excluding hydrogens is 386 g/mol. The molecule has 0 amide bonds. The summed E-state index contributed by atoms with van der Waals surface area (Å²) in [6.07, 6.45) is 2.44. The first-order valence-electron chi connectivity index (χ1n) is 9.83. The van der Waals surface area contributed by atoms with Crippen LogP contribution < -0.4 is 0 Å². The summed E-state index contributed by atoms with van der Waals surface area (Å²) in [6, 6.07) is 9.89. The van der Waals surface area contributed by atoms with Gasteiger partial charge in [0.25, 0.3) is 0 Å². The number of ether oxygens (including phenoxy) is 1. The maximum atomic E-state index is 12.9. The second kappa shape index (κ2) is 8.51. The van der Waals surface area contributed by atoms with Crippen LogP contribution in [0.2, 0.25) is 0 Å². The van der Waals surface area contributed by atoms with Gasteiger partial charge in [-0.05, 0) is 61.7 Å². The van der Waals surface area contributed by atoms with Gasteiger partial charge in [-0.25, -0.2) is 0 Å². The first-order valence-corrected chi connectivity index (χ1v) is 10.8. The number of aryl methyl sites for hydroxylation is 2. The lowest BCUT2D eigenvalue weighted by Crippen LogP contribution is -2.17. The zero-order chi connectivity index (χ0) is 20.4. The predicted octanol–water partition coefficient (Wildman–Crippen LogP) is 3.54. The van der Waals surface area contributed by atoms with Gasteiger partial charge in [0.2, 0.25) is 5.16 Å². The lowest BCUT2D eigenvalue weighted by Gasteiger charge is -2.14. The summed E-state index contributed by atoms with van der Waals surface area (Å²) in [6.45, 7) is 7.72. The Bertz CT molecular complexity index is 1020. The van der Waals surface area contributed by atoms with Crippen molar-refractivity contribution in [2.45, 2.75) is 51.4 Å². The molecule has 4 rings (SSSR count). The number of rotatable bonds is 7. The van der Waals surface area contributed by atoms with E-state index in [4.69, 9.17) is 4.74 Å². The number of benzene rings is 1. The van der Waals surface area contributed by atoms with E-state index in [0.29, 0.717) is 5.16 Å². The number of hydrogen-bond acceptors (Lipinski definition) is 6. The average Bonchev–Trinajstić information content (AvgIpc) is 3.44. The van der Waals surface area contributed by atoms with E-state index in [2.05, 4.69) is 20.1 Å². The minimum atomic E-state index is 0.0843. The summed E-state index contributed by atoms with van der Waals surface area (Å²) in [7, 11) is 0. The Balaban J connectivity index is 1.47. The van der Waals surface area contributed by atoms with Crippen molar-refractivity contribution >= 4 is 17.5 Å². The highest BCUT2D eigenvalue weighted by Crippen LogP contribution is 2.24. The molecule has 0 spiro atoms. The molecule has 0 saturated carbocycles. The summed E-state index contributed by atoms with van der Waals surface area (Å²) in [5.41, 5.74) is 4.86. The third kappa shape index (κ3) is 4.13. The monoisotopic (exact) mass is 411 g/mol. The van der Waals surface area contributed by atoms with E-state index in [1.165, 1.54) is 11.8 Å². The normalized spacial score (nSPS) is 16.4. The molecule has 0 bridgehead atoms. The summed E-state index contributed by atoms with van der Waals surface area (Å²) < 4.78 is 9.65. The largest absolute Gasteiger partial charge is 0.376 e. The molecule has 7 nitrogen and oxygen atoms in total. The lowest BCUT2D eigenvalue weighted by atomic mass is 10.2. The van der Waals surface area contributed by atoms with Crippen molar-refractivity contribution in [2.75, 3.05) is 12.4 Å². The zero-order valence-corrected chi connectivity index (χ0v) is 17.8. The van der Waals surface area contributed by atoms with Crippen molar-refractivity contribution in [3.8, 4) is 5.69 Å². The summed E-state index contributed by atoms with van der Waals surface area (Å²) in [4.78, 5) is 12.9. The van der Waals surface area contributed by atoms with Gasteiger partial charge in [-0.1, -0.05) is 30.0 Å². The van der Waals surface area contributed by atoms with E-state index in [0.717, 1.165) is 54.2 Å². The minimum absolute atomic E-state index is 0.0843. The average molecular weight is 412 g/mol. The molecule has 1 aliphatic heterocycles. The van der Waals surface area contributed by atoms with Gasteiger partial charge in [0.15, 0.2) is 5.78 Å². The number of Topliss-reactive ketones (excluding diaryl/α,β-unsaturated/α-hetero) is 1. The number of thioether (sulfide) groups is 1. The van der Waals surface area contributed by atoms with Crippen molar-refractivity contribution < 1.29 is 9.53 Å². The Kier molecular flexibility index (Phi) is 5.82. The van der Waals surface area contributed by atoms with Crippen molar-refractivity contribution in [2.24, 2.45) is 0 Å². The fourth-order valence-electron chi connectivity index (χ4n) is 3.79. The van der Waals surface area contributed by atoms with Crippen molar-refractivity contribution in [1.82, 2.24) is 24.8 Å². The fourth-order valence-corrected chi connectivity index (χ4v) is 4.55. The van der Waals surface area contributed by atoms with Crippen LogP contribution in [-0.4, -0.2) is 49.0 Å². The SMILES string of the molecule is Cc1ccccc1-n1nnnc1SCC(=O)c1cc(C)n(CC2CCCO2)c1C. The number of hydrogen-bond donors (Lipinski definition) is 0. The Morgan fingerprint density at radius 2 is 2.10 bits per heavy atom. The zero-order valence-electron chi connectivity index (χ0n) is 17.0. The Morgan fingerprint density at radius 1 is 1.28 bits per heavy atom. The first-order chi connectivity index (χ1) is 14.0. The van der Waals surface area contributed by atoms with Gasteiger partial charge in [-0.15, -0.1) is 5.10 Å². The molecule has 3 aromatic rings. The smallest absolute Gasteiger partial charge is 0.214 e. The van der Waals surface area contributed by atoms with Crippen LogP contribution in [0.1, 0.15) is 40.2 Å². The van der Waals surface area contributed by atoms with Crippen molar-refractivity contribution in [1.29, 1.82) is 0 Å². The molecular formula is C21H25N5O2S. The molecule has 29 heavy (non-hydrogen) atoms. The van der Waals surface area contributed by atoms with Crippen LogP contribution in [0.5, 0.6) is 0 Å². The summed E-state index contributed by atoms with van der Waals surface area (Å²) >= 11 is 1.36. The van der Waals surface area contributed by atoms with Crippen LogP contribution in [0.3, 0.4) is 0 Å². The highest BCUT2D eigenvalue weighted by molar-refractivity contribution is 7.99. The molecule has 8 heteroatoms. The second-order valence-corrected chi connectivity index (χ2v) is 8.34. The Morgan fingerprint density at radius 3 is 2.86 bits per heavy atom. The Labute approximate surface area is 174 Å². The van der Waals surface area contributed by atoms with E-state index >= 15 is 0 Å². The topological polar surface area (TPSA) is 74.8 Å². The van der Waals surface area contributed by atoms with Gasteiger partial charge in [-0.3, -0.25) is 4.79 Å². The van der Waals surface area contributed by atoms with Gasteiger partial charge in [0.05, 0.1) is 17.5 Å². The fraction of sp³-hybridized carbons (Fsp3) is 0.429. The molecule has 3 heterocycles. The summed E-state index contributed by atoms with van der Waals surface area (Å²) in [5, 5.41) is 12.6. The number of tetrazole rings is 1. The molecule has 2 aromatic heterocycles. The van der Waals surface area contributed by atoms with Gasteiger partial charge < -0.3 is 9.30 Å². The predicted molar refractivity (Wildman–Crippen MR) is 112 cm³/mol. The highest BCUT2D eigenvalue weighted by atomic mass is 32.2. The van der Waals surface area contributed by atoms with Crippen LogP contribution >= 0.6 is 11.8 Å². The third-order valence-corrected chi connectivity index (χ3v) is 6.32. The van der Waals surface area contributed by atoms with E-state index in [-0.39, 0.29) is 17.6 Å². The number of aromatic nitrogens is 5. The van der Waals surface area contributed by atoms with Crippen molar-refractivity contribution in [3.05, 3.63) is 52.8 Å². The second-order valence-electron chi connectivity index (χ2n) is 7.40. The number of carbonyl (C=O) groups is 1. The van der Waals surface area contributed by atoms with Gasteiger partial charge in [0.1, 0.15) is 0 Å². The van der Waals surface area contributed by atoms with Crippen LogP contribution in [-0.2, 0) is 11.3 Å². The standard InChI is InChI=1S/C21H25N5O2S/c1-14-7-4-5-9-19(14)26-21(22-23-24-26)29-13-20(27)18-11-15(2)25(16(18)3)12-17-8-6-10-28-17/h4-5,7,9,11,17H,6,8,10,12-13H2,1-3H3. The van der Waals surface area contributed by atoms with E-state index in [9.17, 15) is 4.79 Å². The molecule has 152 valence electrons. The maximum Gasteiger partial charge on any atom is 0.214 e. The molecule has 1 aromatic carbocycles. The minimum Gasteiger partial charge on any atom is -0.376 e. The van der Waals surface area contributed by atoms with Gasteiger partial charge >= 0.3 is 0 Å². The van der Waals surface area contributed by atoms with Crippen LogP contribution in [0.15, 0.2) is 35.5 Å². The molecule has 0 aliphatic carbocycles. The third-order valence-electron chi connectivity index (χ3n) is 5.40. The first kappa shape index (κ1) is 19.8. The molecule has 1 fully saturated rings. The summed E-state index contributed by atoms with van der Waals surface area (Å²) in [5.74, 6) is 0.372. The molecule has 0 N–H and O–H groups in total. The van der Waals surface area contributed by atoms with E-state index in [1.54, 1.807) is 4.68 Å². The molecule has 1 saturated heterocycles. The number of nitrogens with zero attached hydrogens (tertiary/aromatic N) is 5. The lowest BCUT2D eigenvalue weighted by molar-refractivity contribution is 0.0957. The molecule has 0 radical (unpaired) electrons. The molecule has 1 atom stereocenters. The highest BCUT2D eigenvalue weighted by Gasteiger charge is 2.22. The van der Waals surface area contributed by atoms with Crippen molar-refractivity contribution in [3.63, 3.8) is 0 Å². The van der Waals surface area contributed by atoms with Crippen LogP contribution in [0.4, 0.5) is 0 Å². The van der Waals surface area contributed by atoms with Gasteiger partial charge in [-0.2, -0.15) is 4.68 Å². The number of ketones is 1. The van der Waals surface area contributed by atoms with Gasteiger partial charge in [0, 0.05) is 30.1 Å². The van der Waals surface area contributed by atoms with E-state index in [1.807, 2.05) is 51.1 Å². The quantitative estimate of drug-likeness (QED) is 0.437. The van der Waals surface area contributed by atoms with Crippen LogP contribution in [0, 0.1) is 20.8 Å². The molecule has 1 unspecified atom stereocenters. The molecule has 1 aliphatic rings. The number of para-hydroxylation sites is 1. The Hall–Kier alpha value is -2.45. The van der Waals surface area contributed by atoms with E-state index < -0.39 is 0 Å². The van der Waals surface area contributed by atoms with Crippen LogP contribution in [0.25, 0.3) is 5.69 Å².